The lowest BCUT2D eigenvalue weighted by atomic mass is 10.1. The number of nitrogens with zero attached hydrogens (tertiary/aromatic N) is 3. The molecule has 2 heterocycles. The van der Waals surface area contributed by atoms with E-state index in [4.69, 9.17) is 0 Å². The third kappa shape index (κ3) is 3.27. The second-order valence-electron chi connectivity index (χ2n) is 4.93. The number of pyridine rings is 2. The number of aromatic nitrogens is 2. The number of non-ortho nitro benzene ring substituents is 1. The van der Waals surface area contributed by atoms with Crippen molar-refractivity contribution in [3.63, 3.8) is 0 Å². The molecule has 0 bridgehead atoms. The van der Waals surface area contributed by atoms with Crippen LogP contribution in [0.4, 0.5) is 17.2 Å². The Hall–Kier alpha value is -3.55. The van der Waals surface area contributed by atoms with Gasteiger partial charge in [-0.05, 0) is 24.3 Å². The largest absolute Gasteiger partial charge is 0.376 e. The zero-order chi connectivity index (χ0) is 16.9. The van der Waals surface area contributed by atoms with E-state index >= 15 is 0 Å². The van der Waals surface area contributed by atoms with Crippen LogP contribution in [-0.2, 0) is 4.79 Å². The zero-order valence-electron chi connectivity index (χ0n) is 12.5. The molecule has 0 spiro atoms. The van der Waals surface area contributed by atoms with Gasteiger partial charge in [0.2, 0.25) is 5.91 Å². The highest BCUT2D eigenvalue weighted by molar-refractivity contribution is 6.00. The first-order chi connectivity index (χ1) is 11.6. The van der Waals surface area contributed by atoms with E-state index in [1.807, 2.05) is 0 Å². The Morgan fingerprint density at radius 1 is 1.12 bits per heavy atom. The molecule has 2 aromatic heterocycles. The Balaban J connectivity index is 1.77. The molecule has 120 valence electrons. The van der Waals surface area contributed by atoms with Crippen LogP contribution in [0.25, 0.3) is 10.8 Å². The Labute approximate surface area is 136 Å². The number of amides is 1. The third-order valence-corrected chi connectivity index (χ3v) is 3.36. The summed E-state index contributed by atoms with van der Waals surface area (Å²) in [7, 11) is 0. The quantitative estimate of drug-likeness (QED) is 0.551. The van der Waals surface area contributed by atoms with Crippen LogP contribution in [0.5, 0.6) is 0 Å². The van der Waals surface area contributed by atoms with Crippen LogP contribution in [0, 0.1) is 10.1 Å². The Morgan fingerprint density at radius 3 is 2.75 bits per heavy atom. The smallest absolute Gasteiger partial charge is 0.278 e. The molecule has 2 N–H and O–H groups in total. The van der Waals surface area contributed by atoms with Gasteiger partial charge < -0.3 is 10.6 Å². The first-order valence-corrected chi connectivity index (χ1v) is 7.11. The van der Waals surface area contributed by atoms with Gasteiger partial charge in [0.25, 0.3) is 5.69 Å². The van der Waals surface area contributed by atoms with Crippen molar-refractivity contribution in [1.82, 2.24) is 9.97 Å². The fourth-order valence-electron chi connectivity index (χ4n) is 2.29. The molecule has 1 amide bonds. The highest BCUT2D eigenvalue weighted by Gasteiger charge is 2.14. The summed E-state index contributed by atoms with van der Waals surface area (Å²) in [6, 6.07) is 9.85. The highest BCUT2D eigenvalue weighted by atomic mass is 16.6. The molecule has 3 aromatic rings. The van der Waals surface area contributed by atoms with E-state index in [1.54, 1.807) is 42.7 Å². The molecule has 0 radical (unpaired) electrons. The normalized spacial score (nSPS) is 10.3. The van der Waals surface area contributed by atoms with E-state index in [1.165, 1.54) is 12.3 Å². The van der Waals surface area contributed by atoms with Crippen molar-refractivity contribution in [2.24, 2.45) is 0 Å². The van der Waals surface area contributed by atoms with Gasteiger partial charge in [0.05, 0.1) is 16.9 Å². The van der Waals surface area contributed by atoms with Gasteiger partial charge in [-0.2, -0.15) is 0 Å². The van der Waals surface area contributed by atoms with Crippen LogP contribution in [0.2, 0.25) is 0 Å². The van der Waals surface area contributed by atoms with Gasteiger partial charge in [-0.3, -0.25) is 19.9 Å². The molecule has 0 aliphatic rings. The lowest BCUT2D eigenvalue weighted by molar-refractivity contribution is -0.383. The molecule has 0 aliphatic carbocycles. The maximum absolute atomic E-state index is 12.0. The van der Waals surface area contributed by atoms with E-state index in [9.17, 15) is 14.9 Å². The minimum Gasteiger partial charge on any atom is -0.376 e. The monoisotopic (exact) mass is 323 g/mol. The number of benzene rings is 1. The lowest BCUT2D eigenvalue weighted by Gasteiger charge is -2.10. The average Bonchev–Trinajstić information content (AvgIpc) is 2.60. The third-order valence-electron chi connectivity index (χ3n) is 3.36. The Kier molecular flexibility index (Phi) is 4.28. The molecule has 8 nitrogen and oxygen atoms in total. The van der Waals surface area contributed by atoms with Gasteiger partial charge in [0.1, 0.15) is 5.82 Å². The number of carbonyl (C=O) groups excluding carboxylic acids is 1. The van der Waals surface area contributed by atoms with Crippen molar-refractivity contribution < 1.29 is 9.72 Å². The van der Waals surface area contributed by atoms with Crippen LogP contribution >= 0.6 is 0 Å². The molecule has 0 aliphatic heterocycles. The zero-order valence-corrected chi connectivity index (χ0v) is 12.5. The van der Waals surface area contributed by atoms with Crippen LogP contribution < -0.4 is 10.6 Å². The van der Waals surface area contributed by atoms with Crippen molar-refractivity contribution in [2.45, 2.75) is 0 Å². The Morgan fingerprint density at radius 2 is 2.00 bits per heavy atom. The first-order valence-electron chi connectivity index (χ1n) is 7.11. The number of hydrogen-bond donors (Lipinski definition) is 2. The number of nitro groups is 1. The molecular formula is C16H13N5O3. The summed E-state index contributed by atoms with van der Waals surface area (Å²) in [4.78, 5) is 30.5. The van der Waals surface area contributed by atoms with Gasteiger partial charge in [0.15, 0.2) is 0 Å². The van der Waals surface area contributed by atoms with E-state index in [0.717, 1.165) is 0 Å². The van der Waals surface area contributed by atoms with Gasteiger partial charge in [-0.1, -0.05) is 6.07 Å². The van der Waals surface area contributed by atoms with Crippen LogP contribution in [0.3, 0.4) is 0 Å². The number of nitro benzene ring substituents is 1. The van der Waals surface area contributed by atoms with Gasteiger partial charge >= 0.3 is 0 Å². The fraction of sp³-hybridized carbons (Fsp3) is 0.0625. The molecule has 24 heavy (non-hydrogen) atoms. The fourth-order valence-corrected chi connectivity index (χ4v) is 2.29. The van der Waals surface area contributed by atoms with Crippen molar-refractivity contribution >= 4 is 33.9 Å². The molecular weight excluding hydrogens is 310 g/mol. The molecule has 0 atom stereocenters. The number of carbonyl (C=O) groups is 1. The second kappa shape index (κ2) is 6.69. The maximum Gasteiger partial charge on any atom is 0.278 e. The summed E-state index contributed by atoms with van der Waals surface area (Å²) in [6.45, 7) is 0.00576. The van der Waals surface area contributed by atoms with E-state index in [0.29, 0.717) is 22.3 Å². The molecule has 3 rings (SSSR count). The summed E-state index contributed by atoms with van der Waals surface area (Å²) >= 11 is 0. The van der Waals surface area contributed by atoms with Crippen LogP contribution in [0.1, 0.15) is 0 Å². The van der Waals surface area contributed by atoms with Crippen LogP contribution in [-0.4, -0.2) is 27.3 Å². The van der Waals surface area contributed by atoms with Gasteiger partial charge in [-0.15, -0.1) is 0 Å². The molecule has 1 aromatic carbocycles. The second-order valence-corrected chi connectivity index (χ2v) is 4.93. The maximum atomic E-state index is 12.0. The summed E-state index contributed by atoms with van der Waals surface area (Å²) < 4.78 is 0. The number of rotatable bonds is 5. The van der Waals surface area contributed by atoms with E-state index < -0.39 is 4.92 Å². The first kappa shape index (κ1) is 15.3. The van der Waals surface area contributed by atoms with Crippen molar-refractivity contribution in [2.75, 3.05) is 17.2 Å². The van der Waals surface area contributed by atoms with Gasteiger partial charge in [0, 0.05) is 35.7 Å². The topological polar surface area (TPSA) is 110 Å². The Bertz CT molecular complexity index is 899. The van der Waals surface area contributed by atoms with Crippen molar-refractivity contribution in [3.8, 4) is 0 Å². The predicted octanol–water partition coefficient (Wildman–Crippen LogP) is 2.59. The van der Waals surface area contributed by atoms with Crippen molar-refractivity contribution in [1.29, 1.82) is 0 Å². The van der Waals surface area contributed by atoms with E-state index in [2.05, 4.69) is 20.6 Å². The molecule has 0 saturated carbocycles. The highest BCUT2D eigenvalue weighted by Crippen LogP contribution is 2.30. The lowest BCUT2D eigenvalue weighted by Crippen LogP contribution is -2.22. The minimum absolute atomic E-state index is 0.00576. The molecule has 0 saturated heterocycles. The summed E-state index contributed by atoms with van der Waals surface area (Å²) in [6.07, 6.45) is 4.57. The average molecular weight is 323 g/mol. The number of hydrogen-bond acceptors (Lipinski definition) is 6. The molecule has 0 unspecified atom stereocenters. The SMILES string of the molecule is O=C(CNc1ccc([N+](=O)[O-])c2cnccc12)Nc1ccccn1. The summed E-state index contributed by atoms with van der Waals surface area (Å²) in [5, 5.41) is 17.8. The van der Waals surface area contributed by atoms with Gasteiger partial charge in [-0.25, -0.2) is 4.98 Å². The van der Waals surface area contributed by atoms with E-state index in [-0.39, 0.29) is 18.1 Å². The number of anilines is 2. The standard InChI is InChI=1S/C16H13N5O3/c22-16(20-15-3-1-2-7-18-15)10-19-13-4-5-14(21(23)24)12-9-17-8-6-11(12)13/h1-9,19H,10H2,(H,18,20,22). The molecule has 0 fully saturated rings. The number of nitrogens with one attached hydrogen (secondary N) is 2. The number of fused-ring (bicyclic) bond motifs is 1. The minimum atomic E-state index is -0.457. The van der Waals surface area contributed by atoms with Crippen LogP contribution in [0.15, 0.2) is 55.0 Å². The summed E-state index contributed by atoms with van der Waals surface area (Å²) in [5.41, 5.74) is 0.593. The predicted molar refractivity (Wildman–Crippen MR) is 89.8 cm³/mol. The van der Waals surface area contributed by atoms with Crippen molar-refractivity contribution in [3.05, 3.63) is 65.1 Å². The molecule has 8 heteroatoms. The summed E-state index contributed by atoms with van der Waals surface area (Å²) in [5.74, 6) is 0.191.